The van der Waals surface area contributed by atoms with Gasteiger partial charge in [0.1, 0.15) is 0 Å². The van der Waals surface area contributed by atoms with Crippen LogP contribution >= 0.6 is 0 Å². The van der Waals surface area contributed by atoms with Crippen LogP contribution in [0.3, 0.4) is 0 Å². The molecule has 1 atom stereocenters. The first-order valence-corrected chi connectivity index (χ1v) is 6.11. The van der Waals surface area contributed by atoms with E-state index in [-0.39, 0.29) is 6.42 Å². The molecule has 0 aliphatic carbocycles. The normalized spacial score (nSPS) is 18.6. The molecule has 1 aliphatic heterocycles. The molecule has 0 radical (unpaired) electrons. The van der Waals surface area contributed by atoms with Crippen LogP contribution in [0.25, 0.3) is 0 Å². The minimum absolute atomic E-state index is 0.127. The van der Waals surface area contributed by atoms with Gasteiger partial charge in [0.25, 0.3) is 0 Å². The molecule has 1 aliphatic rings. The van der Waals surface area contributed by atoms with E-state index in [1.807, 2.05) is 12.1 Å². The summed E-state index contributed by atoms with van der Waals surface area (Å²) in [6.45, 7) is 6.55. The maximum Gasteiger partial charge on any atom is 0.307 e. The molecule has 1 aromatic carbocycles. The number of hydrogen-bond donors (Lipinski definition) is 1. The zero-order valence-corrected chi connectivity index (χ0v) is 10.6. The number of anilines is 1. The highest BCUT2D eigenvalue weighted by Crippen LogP contribution is 2.35. The Morgan fingerprint density at radius 2 is 2.24 bits per heavy atom. The number of fused-ring (bicyclic) bond motifs is 1. The number of carboxylic acid groups (broad SMARTS) is 1. The monoisotopic (exact) mass is 233 g/mol. The van der Waals surface area contributed by atoms with E-state index in [4.69, 9.17) is 5.11 Å². The van der Waals surface area contributed by atoms with Crippen molar-refractivity contribution in [3.05, 3.63) is 29.3 Å². The highest BCUT2D eigenvalue weighted by molar-refractivity contribution is 5.73. The van der Waals surface area contributed by atoms with E-state index >= 15 is 0 Å². The number of hydrogen-bond acceptors (Lipinski definition) is 2. The highest BCUT2D eigenvalue weighted by Gasteiger charge is 2.29. The second kappa shape index (κ2) is 4.40. The fourth-order valence-electron chi connectivity index (χ4n) is 2.85. The van der Waals surface area contributed by atoms with Crippen LogP contribution in [-0.4, -0.2) is 23.2 Å². The first-order valence-electron chi connectivity index (χ1n) is 6.11. The summed E-state index contributed by atoms with van der Waals surface area (Å²) in [5, 5.41) is 8.93. The van der Waals surface area contributed by atoms with Crippen LogP contribution in [-0.2, 0) is 17.6 Å². The maximum absolute atomic E-state index is 10.9. The summed E-state index contributed by atoms with van der Waals surface area (Å²) in [6, 6.07) is 6.91. The molecule has 3 heteroatoms. The van der Waals surface area contributed by atoms with Gasteiger partial charge in [-0.05, 0) is 44.4 Å². The Kier molecular flexibility index (Phi) is 3.09. The second-order valence-corrected chi connectivity index (χ2v) is 5.04. The van der Waals surface area contributed by atoms with Gasteiger partial charge in [0.05, 0.1) is 6.42 Å². The molecule has 2 rings (SSSR count). The predicted octanol–water partition coefficient (Wildman–Crippen LogP) is 2.47. The third-order valence-corrected chi connectivity index (χ3v) is 3.40. The minimum Gasteiger partial charge on any atom is -0.481 e. The van der Waals surface area contributed by atoms with Crippen LogP contribution in [0.1, 0.15) is 31.9 Å². The van der Waals surface area contributed by atoms with E-state index in [1.165, 1.54) is 11.3 Å². The fourth-order valence-corrected chi connectivity index (χ4v) is 2.85. The van der Waals surface area contributed by atoms with Gasteiger partial charge in [-0.3, -0.25) is 4.79 Å². The lowest BCUT2D eigenvalue weighted by Crippen LogP contribution is -2.35. The first-order chi connectivity index (χ1) is 8.00. The van der Waals surface area contributed by atoms with Gasteiger partial charge in [0.15, 0.2) is 0 Å². The molecule has 0 saturated carbocycles. The lowest BCUT2D eigenvalue weighted by Gasteiger charge is -2.29. The molecule has 0 amide bonds. The zero-order valence-electron chi connectivity index (χ0n) is 10.6. The molecule has 1 N–H and O–H groups in total. The number of nitrogens with zero attached hydrogens (tertiary/aromatic N) is 1. The predicted molar refractivity (Wildman–Crippen MR) is 68.6 cm³/mol. The van der Waals surface area contributed by atoms with Crippen molar-refractivity contribution in [3.8, 4) is 0 Å². The Morgan fingerprint density at radius 3 is 2.82 bits per heavy atom. The molecule has 3 nitrogen and oxygen atoms in total. The van der Waals surface area contributed by atoms with Crippen LogP contribution in [0.4, 0.5) is 5.69 Å². The standard InChI is InChI=1S/C14H19NO2/c1-9(2)15-10(3)7-12-11(8-14(16)17)5-4-6-13(12)15/h4-6,9-10H,7-8H2,1-3H3,(H,16,17). The molecular formula is C14H19NO2. The van der Waals surface area contributed by atoms with Gasteiger partial charge in [-0.2, -0.15) is 0 Å². The summed E-state index contributed by atoms with van der Waals surface area (Å²) in [7, 11) is 0. The summed E-state index contributed by atoms with van der Waals surface area (Å²) >= 11 is 0. The molecule has 0 spiro atoms. The number of carboxylic acids is 1. The Labute approximate surface area is 102 Å². The summed E-state index contributed by atoms with van der Waals surface area (Å²) < 4.78 is 0. The number of benzene rings is 1. The van der Waals surface area contributed by atoms with Crippen LogP contribution in [0, 0.1) is 0 Å². The van der Waals surface area contributed by atoms with Crippen molar-refractivity contribution in [1.82, 2.24) is 0 Å². The number of rotatable bonds is 3. The summed E-state index contributed by atoms with van der Waals surface area (Å²) in [5.41, 5.74) is 3.40. The van der Waals surface area contributed by atoms with Gasteiger partial charge in [-0.1, -0.05) is 12.1 Å². The summed E-state index contributed by atoms with van der Waals surface area (Å²) in [4.78, 5) is 13.2. The molecule has 92 valence electrons. The van der Waals surface area contributed by atoms with Crippen LogP contribution in [0.5, 0.6) is 0 Å². The number of carbonyl (C=O) groups is 1. The summed E-state index contributed by atoms with van der Waals surface area (Å²) in [5.74, 6) is -0.756. The van der Waals surface area contributed by atoms with Crippen molar-refractivity contribution in [2.45, 2.75) is 45.7 Å². The van der Waals surface area contributed by atoms with Crippen molar-refractivity contribution in [2.24, 2.45) is 0 Å². The molecular weight excluding hydrogens is 214 g/mol. The van der Waals surface area contributed by atoms with Crippen molar-refractivity contribution in [3.63, 3.8) is 0 Å². The van der Waals surface area contributed by atoms with Crippen molar-refractivity contribution in [1.29, 1.82) is 0 Å². The van der Waals surface area contributed by atoms with Crippen LogP contribution in [0.2, 0.25) is 0 Å². The molecule has 1 heterocycles. The lowest BCUT2D eigenvalue weighted by molar-refractivity contribution is -0.136. The number of aliphatic carboxylic acids is 1. The van der Waals surface area contributed by atoms with E-state index in [1.54, 1.807) is 0 Å². The molecule has 17 heavy (non-hydrogen) atoms. The third-order valence-electron chi connectivity index (χ3n) is 3.40. The first kappa shape index (κ1) is 12.0. The van der Waals surface area contributed by atoms with Crippen molar-refractivity contribution < 1.29 is 9.90 Å². The van der Waals surface area contributed by atoms with Gasteiger partial charge < -0.3 is 10.0 Å². The van der Waals surface area contributed by atoms with Gasteiger partial charge in [-0.15, -0.1) is 0 Å². The lowest BCUT2D eigenvalue weighted by atomic mass is 10.0. The highest BCUT2D eigenvalue weighted by atomic mass is 16.4. The van der Waals surface area contributed by atoms with E-state index in [0.717, 1.165) is 12.0 Å². The molecule has 1 aromatic rings. The van der Waals surface area contributed by atoms with Gasteiger partial charge in [0.2, 0.25) is 0 Å². The summed E-state index contributed by atoms with van der Waals surface area (Å²) in [6.07, 6.45) is 1.08. The van der Waals surface area contributed by atoms with Crippen molar-refractivity contribution in [2.75, 3.05) is 4.90 Å². The minimum atomic E-state index is -0.756. The van der Waals surface area contributed by atoms with Gasteiger partial charge in [-0.25, -0.2) is 0 Å². The molecule has 1 unspecified atom stereocenters. The SMILES string of the molecule is CC(C)N1c2cccc(CC(=O)O)c2CC1C. The van der Waals surface area contributed by atoms with E-state index < -0.39 is 5.97 Å². The van der Waals surface area contributed by atoms with E-state index in [2.05, 4.69) is 31.7 Å². The zero-order chi connectivity index (χ0) is 12.6. The third kappa shape index (κ3) is 2.14. The van der Waals surface area contributed by atoms with Crippen LogP contribution < -0.4 is 4.90 Å². The average Bonchev–Trinajstić information content (AvgIpc) is 2.54. The topological polar surface area (TPSA) is 40.5 Å². The molecule has 0 saturated heterocycles. The smallest absolute Gasteiger partial charge is 0.307 e. The molecule has 0 bridgehead atoms. The Hall–Kier alpha value is -1.51. The molecule has 0 aromatic heterocycles. The largest absolute Gasteiger partial charge is 0.481 e. The fraction of sp³-hybridized carbons (Fsp3) is 0.500. The Morgan fingerprint density at radius 1 is 1.53 bits per heavy atom. The Bertz CT molecular complexity index is 440. The van der Waals surface area contributed by atoms with Crippen molar-refractivity contribution >= 4 is 11.7 Å². The van der Waals surface area contributed by atoms with Gasteiger partial charge in [0, 0.05) is 17.8 Å². The maximum atomic E-state index is 10.9. The average molecular weight is 233 g/mol. The van der Waals surface area contributed by atoms with Gasteiger partial charge >= 0.3 is 5.97 Å². The Balaban J connectivity index is 2.41. The second-order valence-electron chi connectivity index (χ2n) is 5.04. The van der Waals surface area contributed by atoms with E-state index in [9.17, 15) is 4.79 Å². The van der Waals surface area contributed by atoms with Crippen LogP contribution in [0.15, 0.2) is 18.2 Å². The quantitative estimate of drug-likeness (QED) is 0.872. The van der Waals surface area contributed by atoms with E-state index in [0.29, 0.717) is 12.1 Å². The molecule has 0 fully saturated rings.